The summed E-state index contributed by atoms with van der Waals surface area (Å²) in [5.41, 5.74) is 6.67. The molecule has 1 unspecified atom stereocenters. The molecule has 5 heteroatoms. The van der Waals surface area contributed by atoms with E-state index in [1.807, 2.05) is 0 Å². The van der Waals surface area contributed by atoms with Gasteiger partial charge in [-0.1, -0.05) is 0 Å². The Morgan fingerprint density at radius 3 is 2.60 bits per heavy atom. The molecule has 5 nitrogen and oxygen atoms in total. The predicted molar refractivity (Wildman–Crippen MR) is 55.9 cm³/mol. The van der Waals surface area contributed by atoms with Gasteiger partial charge in [0.05, 0.1) is 19.3 Å². The average molecular weight is 208 g/mol. The van der Waals surface area contributed by atoms with Gasteiger partial charge in [-0.15, -0.1) is 0 Å². The van der Waals surface area contributed by atoms with Crippen LogP contribution in [0.3, 0.4) is 0 Å². The van der Waals surface area contributed by atoms with Gasteiger partial charge in [0.2, 0.25) is 5.39 Å². The first-order valence-corrected chi connectivity index (χ1v) is 4.66. The van der Waals surface area contributed by atoms with Crippen LogP contribution in [-0.2, 0) is 11.3 Å². The molecule has 1 aromatic rings. The average Bonchev–Trinajstić information content (AvgIpc) is 2.29. The van der Waals surface area contributed by atoms with Crippen molar-refractivity contribution in [1.29, 1.82) is 5.39 Å². The summed E-state index contributed by atoms with van der Waals surface area (Å²) < 4.78 is 5.22. The standard InChI is InChI=1S/C10H14N3O2/c11-5-10(14)7-15-6-8-1-3-9(13-12)4-2-8/h1-4,10,14H,5-7,11H2/q+1. The quantitative estimate of drug-likeness (QED) is 0.707. The monoisotopic (exact) mass is 208 g/mol. The lowest BCUT2D eigenvalue weighted by Gasteiger charge is -2.08. The molecule has 0 heterocycles. The van der Waals surface area contributed by atoms with Crippen LogP contribution in [0.15, 0.2) is 24.3 Å². The lowest BCUT2D eigenvalue weighted by Crippen LogP contribution is -2.24. The second-order valence-electron chi connectivity index (χ2n) is 3.17. The maximum atomic E-state index is 9.12. The van der Waals surface area contributed by atoms with Crippen LogP contribution in [0.4, 0.5) is 5.69 Å². The summed E-state index contributed by atoms with van der Waals surface area (Å²) in [6, 6.07) is 6.95. The lowest BCUT2D eigenvalue weighted by atomic mass is 10.2. The first-order chi connectivity index (χ1) is 7.26. The van der Waals surface area contributed by atoms with E-state index in [-0.39, 0.29) is 13.2 Å². The second kappa shape index (κ2) is 6.09. The first-order valence-electron chi connectivity index (χ1n) is 4.66. The molecular weight excluding hydrogens is 194 g/mol. The summed E-state index contributed by atoms with van der Waals surface area (Å²) in [5.74, 6) is 0. The SMILES string of the molecule is N#[N+]c1ccc(COCC(O)CN)cc1. The molecule has 80 valence electrons. The Hall–Kier alpha value is -1.48. The molecule has 0 aliphatic rings. The number of diazo groups is 1. The van der Waals surface area contributed by atoms with Gasteiger partial charge < -0.3 is 15.6 Å². The third kappa shape index (κ3) is 4.04. The molecule has 0 fully saturated rings. The van der Waals surface area contributed by atoms with Crippen molar-refractivity contribution in [3.05, 3.63) is 34.8 Å². The van der Waals surface area contributed by atoms with E-state index >= 15 is 0 Å². The lowest BCUT2D eigenvalue weighted by molar-refractivity contribution is 0.0329. The molecular formula is C10H14N3O2+. The van der Waals surface area contributed by atoms with Crippen molar-refractivity contribution in [2.24, 2.45) is 5.73 Å². The molecule has 1 aromatic carbocycles. The van der Waals surface area contributed by atoms with Gasteiger partial charge in [0.25, 0.3) is 0 Å². The third-order valence-corrected chi connectivity index (χ3v) is 1.90. The number of aliphatic hydroxyl groups is 1. The smallest absolute Gasteiger partial charge is 0.385 e. The number of benzene rings is 1. The van der Waals surface area contributed by atoms with Crippen molar-refractivity contribution in [3.8, 4) is 0 Å². The molecule has 0 spiro atoms. The molecule has 0 radical (unpaired) electrons. The highest BCUT2D eigenvalue weighted by atomic mass is 16.5. The second-order valence-corrected chi connectivity index (χ2v) is 3.17. The van der Waals surface area contributed by atoms with Crippen LogP contribution in [0.5, 0.6) is 0 Å². The Kier molecular flexibility index (Phi) is 4.71. The molecule has 1 rings (SSSR count). The van der Waals surface area contributed by atoms with E-state index < -0.39 is 6.10 Å². The van der Waals surface area contributed by atoms with Crippen LogP contribution in [0.2, 0.25) is 0 Å². The minimum absolute atomic E-state index is 0.197. The third-order valence-electron chi connectivity index (χ3n) is 1.90. The molecule has 0 aliphatic heterocycles. The van der Waals surface area contributed by atoms with Crippen molar-refractivity contribution in [2.45, 2.75) is 12.7 Å². The summed E-state index contributed by atoms with van der Waals surface area (Å²) in [7, 11) is 0. The fraction of sp³-hybridized carbons (Fsp3) is 0.400. The van der Waals surface area contributed by atoms with Gasteiger partial charge in [-0.25, -0.2) is 0 Å². The minimum atomic E-state index is -0.614. The highest BCUT2D eigenvalue weighted by Gasteiger charge is 2.04. The zero-order chi connectivity index (χ0) is 11.1. The summed E-state index contributed by atoms with van der Waals surface area (Å²) in [5, 5.41) is 17.6. The van der Waals surface area contributed by atoms with Crippen LogP contribution in [-0.4, -0.2) is 24.4 Å². The minimum Gasteiger partial charge on any atom is -0.389 e. The van der Waals surface area contributed by atoms with E-state index in [4.69, 9.17) is 21.0 Å². The zero-order valence-electron chi connectivity index (χ0n) is 8.34. The molecule has 1 atom stereocenters. The van der Waals surface area contributed by atoms with Crippen LogP contribution >= 0.6 is 0 Å². The molecule has 3 N–H and O–H groups in total. The normalized spacial score (nSPS) is 12.1. The Morgan fingerprint density at radius 1 is 1.40 bits per heavy atom. The number of ether oxygens (including phenoxy) is 1. The van der Waals surface area contributed by atoms with E-state index in [1.165, 1.54) is 0 Å². The van der Waals surface area contributed by atoms with Crippen molar-refractivity contribution in [1.82, 2.24) is 0 Å². The maximum Gasteiger partial charge on any atom is 0.385 e. The van der Waals surface area contributed by atoms with Gasteiger partial charge in [0.1, 0.15) is 0 Å². The van der Waals surface area contributed by atoms with Gasteiger partial charge in [0.15, 0.2) is 4.98 Å². The number of rotatable bonds is 5. The highest BCUT2D eigenvalue weighted by molar-refractivity contribution is 5.44. The topological polar surface area (TPSA) is 83.6 Å². The Bertz CT molecular complexity index is 332. The van der Waals surface area contributed by atoms with Gasteiger partial charge >= 0.3 is 5.69 Å². The number of hydrogen-bond acceptors (Lipinski definition) is 4. The number of aliphatic hydroxyl groups excluding tert-OH is 1. The first kappa shape index (κ1) is 11.6. The fourth-order valence-corrected chi connectivity index (χ4v) is 1.04. The number of nitrogens with zero attached hydrogens (tertiary/aromatic N) is 2. The van der Waals surface area contributed by atoms with Gasteiger partial charge in [-0.05, 0) is 17.7 Å². The fourth-order valence-electron chi connectivity index (χ4n) is 1.04. The van der Waals surface area contributed by atoms with Crippen LogP contribution in [0.25, 0.3) is 4.98 Å². The summed E-state index contributed by atoms with van der Waals surface area (Å²) >= 11 is 0. The largest absolute Gasteiger partial charge is 0.389 e. The van der Waals surface area contributed by atoms with E-state index in [1.54, 1.807) is 24.3 Å². The van der Waals surface area contributed by atoms with E-state index in [0.29, 0.717) is 12.3 Å². The summed E-state index contributed by atoms with van der Waals surface area (Å²) in [6.07, 6.45) is -0.614. The molecule has 0 aliphatic carbocycles. The zero-order valence-corrected chi connectivity index (χ0v) is 8.34. The molecule has 0 aromatic heterocycles. The van der Waals surface area contributed by atoms with Crippen LogP contribution < -0.4 is 5.73 Å². The van der Waals surface area contributed by atoms with Crippen LogP contribution in [0.1, 0.15) is 5.56 Å². The molecule has 0 saturated heterocycles. The van der Waals surface area contributed by atoms with Crippen molar-refractivity contribution in [3.63, 3.8) is 0 Å². The van der Waals surface area contributed by atoms with Crippen molar-refractivity contribution < 1.29 is 9.84 Å². The van der Waals surface area contributed by atoms with Gasteiger partial charge in [-0.3, -0.25) is 0 Å². The number of hydrogen-bond donors (Lipinski definition) is 2. The van der Waals surface area contributed by atoms with E-state index in [9.17, 15) is 0 Å². The molecule has 15 heavy (non-hydrogen) atoms. The predicted octanol–water partition coefficient (Wildman–Crippen LogP) is 1.01. The highest BCUT2D eigenvalue weighted by Crippen LogP contribution is 2.12. The summed E-state index contributed by atoms with van der Waals surface area (Å²) in [6.45, 7) is 0.827. The summed E-state index contributed by atoms with van der Waals surface area (Å²) in [4.78, 5) is 3.04. The van der Waals surface area contributed by atoms with Gasteiger partial charge in [-0.2, -0.15) is 0 Å². The van der Waals surface area contributed by atoms with Gasteiger partial charge in [0, 0.05) is 18.7 Å². The van der Waals surface area contributed by atoms with Crippen LogP contribution in [0, 0.1) is 5.39 Å². The Labute approximate surface area is 88.1 Å². The molecule has 0 bridgehead atoms. The Morgan fingerprint density at radius 2 is 2.07 bits per heavy atom. The van der Waals surface area contributed by atoms with E-state index in [2.05, 4.69) is 4.98 Å². The maximum absolute atomic E-state index is 9.12. The van der Waals surface area contributed by atoms with Crippen molar-refractivity contribution in [2.75, 3.05) is 13.2 Å². The Balaban J connectivity index is 2.35. The number of nitrogens with two attached hydrogens (primary N) is 1. The molecule has 0 saturated carbocycles. The van der Waals surface area contributed by atoms with E-state index in [0.717, 1.165) is 5.56 Å². The molecule has 0 amide bonds. The van der Waals surface area contributed by atoms with Crippen molar-refractivity contribution >= 4 is 5.69 Å².